The highest BCUT2D eigenvalue weighted by Crippen LogP contribution is 1.93. The van der Waals surface area contributed by atoms with Gasteiger partial charge in [-0.05, 0) is 6.92 Å². The maximum absolute atomic E-state index is 11.1. The van der Waals surface area contributed by atoms with E-state index in [2.05, 4.69) is 5.32 Å². The lowest BCUT2D eigenvalue weighted by atomic mass is 10.1. The molecule has 0 spiro atoms. The molecule has 0 radical (unpaired) electrons. The molecule has 0 rings (SSSR count). The molecule has 0 aromatic rings. The molecule has 0 unspecified atom stereocenters. The van der Waals surface area contributed by atoms with Crippen LogP contribution in [0.15, 0.2) is 0 Å². The minimum atomic E-state index is -0.658. The van der Waals surface area contributed by atoms with Gasteiger partial charge in [-0.2, -0.15) is 0 Å². The van der Waals surface area contributed by atoms with Crippen LogP contribution in [-0.4, -0.2) is 29.4 Å². The number of hydrogen-bond acceptors (Lipinski definition) is 3. The van der Waals surface area contributed by atoms with Gasteiger partial charge >= 0.3 is 0 Å². The first-order valence-electron chi connectivity index (χ1n) is 4.41. The third kappa shape index (κ3) is 6.28. The molecule has 76 valence electrons. The van der Waals surface area contributed by atoms with Crippen molar-refractivity contribution in [2.45, 2.75) is 33.3 Å². The minimum Gasteiger partial charge on any atom is -0.393 e. The van der Waals surface area contributed by atoms with Gasteiger partial charge in [-0.1, -0.05) is 13.8 Å². The predicted molar refractivity (Wildman–Crippen MR) is 49.2 cm³/mol. The first-order chi connectivity index (χ1) is 5.93. The molecule has 4 nitrogen and oxygen atoms in total. The van der Waals surface area contributed by atoms with Crippen molar-refractivity contribution >= 4 is 11.7 Å². The lowest BCUT2D eigenvalue weighted by Gasteiger charge is -2.07. The van der Waals surface area contributed by atoms with Crippen molar-refractivity contribution in [1.82, 2.24) is 5.32 Å². The largest absolute Gasteiger partial charge is 0.393 e. The van der Waals surface area contributed by atoms with Crippen LogP contribution in [0.25, 0.3) is 0 Å². The zero-order valence-corrected chi connectivity index (χ0v) is 8.33. The van der Waals surface area contributed by atoms with Gasteiger partial charge in [-0.3, -0.25) is 9.59 Å². The molecule has 1 amide bonds. The molecular weight excluding hydrogens is 170 g/mol. The monoisotopic (exact) mass is 187 g/mol. The second-order valence-electron chi connectivity index (χ2n) is 3.45. The highest BCUT2D eigenvalue weighted by atomic mass is 16.3. The number of hydrogen-bond donors (Lipinski definition) is 2. The van der Waals surface area contributed by atoms with E-state index in [9.17, 15) is 9.59 Å². The van der Waals surface area contributed by atoms with Crippen molar-refractivity contribution in [3.05, 3.63) is 0 Å². The van der Waals surface area contributed by atoms with Gasteiger partial charge in [-0.25, -0.2) is 0 Å². The van der Waals surface area contributed by atoms with Crippen LogP contribution in [0.2, 0.25) is 0 Å². The summed E-state index contributed by atoms with van der Waals surface area (Å²) in [6.45, 7) is 5.15. The van der Waals surface area contributed by atoms with Gasteiger partial charge in [0.2, 0.25) is 5.91 Å². The van der Waals surface area contributed by atoms with Crippen LogP contribution in [0.5, 0.6) is 0 Å². The summed E-state index contributed by atoms with van der Waals surface area (Å²) in [5.74, 6) is -0.352. The van der Waals surface area contributed by atoms with Crippen LogP contribution >= 0.6 is 0 Å². The van der Waals surface area contributed by atoms with E-state index in [1.54, 1.807) is 13.8 Å². The van der Waals surface area contributed by atoms with E-state index in [0.717, 1.165) is 0 Å². The number of aliphatic hydroxyl groups excluding tert-OH is 1. The van der Waals surface area contributed by atoms with Crippen molar-refractivity contribution < 1.29 is 14.7 Å². The predicted octanol–water partition coefficient (Wildman–Crippen LogP) is 0.0986. The molecule has 1 atom stereocenters. The van der Waals surface area contributed by atoms with Crippen molar-refractivity contribution in [3.8, 4) is 0 Å². The smallest absolute Gasteiger partial charge is 0.222 e. The van der Waals surface area contributed by atoms with Crippen LogP contribution in [0.3, 0.4) is 0 Å². The van der Waals surface area contributed by atoms with Crippen LogP contribution in [0, 0.1) is 5.92 Å². The average molecular weight is 187 g/mol. The zero-order valence-electron chi connectivity index (χ0n) is 8.33. The Balaban J connectivity index is 3.64. The van der Waals surface area contributed by atoms with Gasteiger partial charge in [0, 0.05) is 5.92 Å². The van der Waals surface area contributed by atoms with Crippen molar-refractivity contribution in [3.63, 3.8) is 0 Å². The number of nitrogens with one attached hydrogen (secondary N) is 1. The van der Waals surface area contributed by atoms with Gasteiger partial charge in [-0.15, -0.1) is 0 Å². The maximum Gasteiger partial charge on any atom is 0.222 e. The quantitative estimate of drug-likeness (QED) is 0.641. The highest BCUT2D eigenvalue weighted by Gasteiger charge is 2.10. The molecule has 13 heavy (non-hydrogen) atoms. The fourth-order valence-electron chi connectivity index (χ4n) is 0.730. The Morgan fingerprint density at radius 1 is 1.31 bits per heavy atom. The Labute approximate surface area is 78.3 Å². The first-order valence-corrected chi connectivity index (χ1v) is 4.41. The van der Waals surface area contributed by atoms with Gasteiger partial charge in [0.05, 0.1) is 19.1 Å². The molecule has 0 fully saturated rings. The highest BCUT2D eigenvalue weighted by molar-refractivity contribution is 5.87. The molecule has 0 aliphatic rings. The molecule has 0 aromatic carbocycles. The lowest BCUT2D eigenvalue weighted by molar-refractivity contribution is -0.127. The zero-order chi connectivity index (χ0) is 10.4. The van der Waals surface area contributed by atoms with E-state index in [-0.39, 0.29) is 30.6 Å². The lowest BCUT2D eigenvalue weighted by Crippen LogP contribution is -2.33. The molecule has 0 heterocycles. The summed E-state index contributed by atoms with van der Waals surface area (Å²) in [5.41, 5.74) is 0. The van der Waals surface area contributed by atoms with Crippen molar-refractivity contribution in [2.24, 2.45) is 5.92 Å². The molecule has 4 heteroatoms. The first kappa shape index (κ1) is 12.1. The van der Waals surface area contributed by atoms with E-state index >= 15 is 0 Å². The summed E-state index contributed by atoms with van der Waals surface area (Å²) in [4.78, 5) is 22.0. The fourth-order valence-corrected chi connectivity index (χ4v) is 0.730. The molecule has 0 aromatic heterocycles. The number of carbonyl (C=O) groups is 2. The topological polar surface area (TPSA) is 66.4 Å². The fraction of sp³-hybridized carbons (Fsp3) is 0.778. The normalized spacial score (nSPS) is 12.7. The van der Waals surface area contributed by atoms with E-state index in [1.807, 2.05) is 0 Å². The van der Waals surface area contributed by atoms with Crippen molar-refractivity contribution in [1.29, 1.82) is 0 Å². The summed E-state index contributed by atoms with van der Waals surface area (Å²) in [6.07, 6.45) is -0.611. The number of ketones is 1. The van der Waals surface area contributed by atoms with Gasteiger partial charge in [0.1, 0.15) is 0 Å². The second kappa shape index (κ2) is 5.70. The summed E-state index contributed by atoms with van der Waals surface area (Å²) in [6, 6.07) is 0. The third-order valence-electron chi connectivity index (χ3n) is 1.58. The Hall–Kier alpha value is -0.900. The molecule has 0 aliphatic carbocycles. The Morgan fingerprint density at radius 3 is 2.23 bits per heavy atom. The third-order valence-corrected chi connectivity index (χ3v) is 1.58. The number of amides is 1. The van der Waals surface area contributed by atoms with Gasteiger partial charge in [0.25, 0.3) is 0 Å². The summed E-state index contributed by atoms with van der Waals surface area (Å²) in [7, 11) is 0. The SMILES string of the molecule is CC(C)C(=O)CNC(=O)C[C@@H](C)O. The van der Waals surface area contributed by atoms with E-state index in [4.69, 9.17) is 5.11 Å². The Morgan fingerprint density at radius 2 is 1.85 bits per heavy atom. The van der Waals surface area contributed by atoms with E-state index in [1.165, 1.54) is 6.92 Å². The molecule has 0 aliphatic heterocycles. The Bertz CT molecular complexity index is 187. The minimum absolute atomic E-state index is 0.000979. The number of aliphatic hydroxyl groups is 1. The maximum atomic E-state index is 11.1. The van der Waals surface area contributed by atoms with Crippen LogP contribution < -0.4 is 5.32 Å². The molecule has 0 saturated heterocycles. The Kier molecular flexibility index (Phi) is 5.30. The summed E-state index contributed by atoms with van der Waals surface area (Å²) in [5, 5.41) is 11.3. The van der Waals surface area contributed by atoms with E-state index < -0.39 is 6.10 Å². The molecule has 0 saturated carbocycles. The summed E-state index contributed by atoms with van der Waals surface area (Å²) >= 11 is 0. The number of Topliss-reactive ketones (excluding diaryl/α,β-unsaturated/α-hetero) is 1. The van der Waals surface area contributed by atoms with Gasteiger partial charge < -0.3 is 10.4 Å². The van der Waals surface area contributed by atoms with Crippen molar-refractivity contribution in [2.75, 3.05) is 6.54 Å². The molecular formula is C9H17NO3. The van der Waals surface area contributed by atoms with E-state index in [0.29, 0.717) is 0 Å². The van der Waals surface area contributed by atoms with Gasteiger partial charge in [0.15, 0.2) is 5.78 Å². The molecule has 0 bridgehead atoms. The standard InChI is InChI=1S/C9H17NO3/c1-6(2)8(12)5-10-9(13)4-7(3)11/h6-7,11H,4-5H2,1-3H3,(H,10,13)/t7-/m1/s1. The average Bonchev–Trinajstić information content (AvgIpc) is 1.98. The number of carbonyl (C=O) groups excluding carboxylic acids is 2. The molecule has 2 N–H and O–H groups in total. The summed E-state index contributed by atoms with van der Waals surface area (Å²) < 4.78 is 0. The van der Waals surface area contributed by atoms with Crippen LogP contribution in [-0.2, 0) is 9.59 Å². The second-order valence-corrected chi connectivity index (χ2v) is 3.45. The number of rotatable bonds is 5. The van der Waals surface area contributed by atoms with Crippen LogP contribution in [0.4, 0.5) is 0 Å². The van der Waals surface area contributed by atoms with Crippen LogP contribution in [0.1, 0.15) is 27.2 Å².